The maximum atomic E-state index is 12.5. The van der Waals surface area contributed by atoms with Gasteiger partial charge in [-0.05, 0) is 43.2 Å². The number of rotatable bonds is 8. The van der Waals surface area contributed by atoms with Gasteiger partial charge in [-0.25, -0.2) is 0 Å². The van der Waals surface area contributed by atoms with E-state index in [1.54, 1.807) is 31.3 Å². The van der Waals surface area contributed by atoms with Crippen LogP contribution in [0.25, 0.3) is 11.0 Å². The van der Waals surface area contributed by atoms with Crippen molar-refractivity contribution in [1.82, 2.24) is 14.5 Å². The molecule has 152 valence electrons. The van der Waals surface area contributed by atoms with Gasteiger partial charge in [-0.15, -0.1) is 0 Å². The van der Waals surface area contributed by atoms with Crippen LogP contribution >= 0.6 is 0 Å². The smallest absolute Gasteiger partial charge is 0.317 e. The Morgan fingerprint density at radius 2 is 1.69 bits per heavy atom. The summed E-state index contributed by atoms with van der Waals surface area (Å²) in [7, 11) is 1.60. The Balaban J connectivity index is 1.76. The van der Waals surface area contributed by atoms with Crippen molar-refractivity contribution >= 4 is 16.9 Å². The molecule has 0 fully saturated rings. The number of nitrogens with one attached hydrogen (secondary N) is 1. The summed E-state index contributed by atoms with van der Waals surface area (Å²) in [4.78, 5) is 37.0. The molecule has 0 spiro atoms. The Hall–Kier alpha value is -3.19. The lowest BCUT2D eigenvalue weighted by Gasteiger charge is -2.13. The summed E-state index contributed by atoms with van der Waals surface area (Å²) in [6.07, 6.45) is 0.761. The Bertz CT molecular complexity index is 1110. The zero-order valence-corrected chi connectivity index (χ0v) is 16.7. The average Bonchev–Trinajstić information content (AvgIpc) is 2.75. The van der Waals surface area contributed by atoms with Gasteiger partial charge in [0.1, 0.15) is 0 Å². The zero-order chi connectivity index (χ0) is 20.8. The van der Waals surface area contributed by atoms with E-state index in [2.05, 4.69) is 5.32 Å². The molecule has 0 radical (unpaired) electrons. The topological polar surface area (TPSA) is 82.3 Å². The van der Waals surface area contributed by atoms with Gasteiger partial charge >= 0.3 is 11.1 Å². The fraction of sp³-hybridized carbons (Fsp3) is 0.318. The molecule has 0 atom stereocenters. The fourth-order valence-electron chi connectivity index (χ4n) is 3.18. The van der Waals surface area contributed by atoms with Crippen LogP contribution in [-0.4, -0.2) is 34.8 Å². The summed E-state index contributed by atoms with van der Waals surface area (Å²) in [6, 6.07) is 14.3. The van der Waals surface area contributed by atoms with Crippen molar-refractivity contribution < 1.29 is 9.53 Å². The highest BCUT2D eigenvalue weighted by Crippen LogP contribution is 2.12. The molecule has 1 heterocycles. The van der Waals surface area contributed by atoms with Gasteiger partial charge in [0.25, 0.3) is 5.91 Å². The maximum absolute atomic E-state index is 12.5. The number of nitrogens with zero attached hydrogens (tertiary/aromatic N) is 2. The molecule has 3 rings (SSSR count). The molecule has 3 aromatic rings. The van der Waals surface area contributed by atoms with E-state index in [0.29, 0.717) is 36.4 Å². The van der Waals surface area contributed by atoms with E-state index < -0.39 is 11.1 Å². The quantitative estimate of drug-likeness (QED) is 0.467. The second-order valence-corrected chi connectivity index (χ2v) is 6.75. The molecule has 29 heavy (non-hydrogen) atoms. The molecule has 0 saturated carbocycles. The van der Waals surface area contributed by atoms with Crippen molar-refractivity contribution in [2.45, 2.75) is 19.9 Å². The molecule has 0 bridgehead atoms. The van der Waals surface area contributed by atoms with Crippen LogP contribution in [0, 0.1) is 0 Å². The Labute approximate surface area is 168 Å². The van der Waals surface area contributed by atoms with Gasteiger partial charge in [-0.1, -0.05) is 24.3 Å². The molecule has 7 heteroatoms. The standard InChI is InChI=1S/C22H25N3O4/c1-3-29-14-6-13-23-20(26)17-11-9-16(10-12-17)15-25-19-8-5-4-7-18(19)24(2)21(27)22(25)28/h4-5,7-12H,3,6,13-15H2,1-2H3,(H,23,26). The Morgan fingerprint density at radius 3 is 2.38 bits per heavy atom. The van der Waals surface area contributed by atoms with Gasteiger partial charge in [0.2, 0.25) is 0 Å². The highest BCUT2D eigenvalue weighted by Gasteiger charge is 2.11. The summed E-state index contributed by atoms with van der Waals surface area (Å²) in [5, 5.41) is 2.86. The number of carbonyl (C=O) groups excluding carboxylic acids is 1. The number of benzene rings is 2. The van der Waals surface area contributed by atoms with Crippen molar-refractivity contribution in [3.8, 4) is 0 Å². The highest BCUT2D eigenvalue weighted by atomic mass is 16.5. The minimum Gasteiger partial charge on any atom is -0.382 e. The van der Waals surface area contributed by atoms with E-state index in [0.717, 1.165) is 12.0 Å². The van der Waals surface area contributed by atoms with Gasteiger partial charge in [0, 0.05) is 32.4 Å². The molecular formula is C22H25N3O4. The molecule has 1 aromatic heterocycles. The third-order valence-electron chi connectivity index (χ3n) is 4.78. The van der Waals surface area contributed by atoms with E-state index in [-0.39, 0.29) is 12.5 Å². The lowest BCUT2D eigenvalue weighted by molar-refractivity contribution is 0.0944. The van der Waals surface area contributed by atoms with Gasteiger partial charge in [0.05, 0.1) is 17.6 Å². The van der Waals surface area contributed by atoms with Crippen molar-refractivity contribution in [1.29, 1.82) is 0 Å². The van der Waals surface area contributed by atoms with Crippen molar-refractivity contribution in [2.24, 2.45) is 7.05 Å². The lowest BCUT2D eigenvalue weighted by atomic mass is 10.1. The zero-order valence-electron chi connectivity index (χ0n) is 16.7. The van der Waals surface area contributed by atoms with E-state index in [1.165, 1.54) is 9.13 Å². The first kappa shape index (κ1) is 20.5. The van der Waals surface area contributed by atoms with E-state index in [1.807, 2.05) is 31.2 Å². The number of para-hydroxylation sites is 2. The molecule has 1 amide bonds. The van der Waals surface area contributed by atoms with Crippen LogP contribution in [0.1, 0.15) is 29.3 Å². The van der Waals surface area contributed by atoms with Gasteiger partial charge in [-0.3, -0.25) is 19.0 Å². The molecule has 0 unspecified atom stereocenters. The largest absolute Gasteiger partial charge is 0.382 e. The SMILES string of the molecule is CCOCCCNC(=O)c1ccc(Cn2c(=O)c(=O)n(C)c3ccccc32)cc1. The summed E-state index contributed by atoms with van der Waals surface area (Å²) < 4.78 is 8.09. The van der Waals surface area contributed by atoms with E-state index >= 15 is 0 Å². The van der Waals surface area contributed by atoms with Crippen LogP contribution in [0.3, 0.4) is 0 Å². The first-order valence-electron chi connectivity index (χ1n) is 9.66. The molecule has 0 aliphatic rings. The van der Waals surface area contributed by atoms with Crippen LogP contribution in [0.15, 0.2) is 58.1 Å². The van der Waals surface area contributed by atoms with Crippen LogP contribution in [0.4, 0.5) is 0 Å². The number of fused-ring (bicyclic) bond motifs is 1. The second kappa shape index (κ2) is 9.34. The number of amides is 1. The van der Waals surface area contributed by atoms with Crippen molar-refractivity contribution in [3.05, 3.63) is 80.4 Å². The Morgan fingerprint density at radius 1 is 1.00 bits per heavy atom. The van der Waals surface area contributed by atoms with Crippen LogP contribution in [0.5, 0.6) is 0 Å². The summed E-state index contributed by atoms with van der Waals surface area (Å²) >= 11 is 0. The predicted octanol–water partition coefficient (Wildman–Crippen LogP) is 1.90. The summed E-state index contributed by atoms with van der Waals surface area (Å²) in [5.41, 5.74) is 1.63. The number of carbonyl (C=O) groups is 1. The van der Waals surface area contributed by atoms with E-state index in [9.17, 15) is 14.4 Å². The number of hydrogen-bond donors (Lipinski definition) is 1. The normalized spacial score (nSPS) is 11.0. The summed E-state index contributed by atoms with van der Waals surface area (Å²) in [6.45, 7) is 4.03. The maximum Gasteiger partial charge on any atom is 0.317 e. The minimum atomic E-state index is -0.567. The third-order valence-corrected chi connectivity index (χ3v) is 4.78. The Kier molecular flexibility index (Phi) is 6.61. The van der Waals surface area contributed by atoms with Crippen LogP contribution < -0.4 is 16.4 Å². The second-order valence-electron chi connectivity index (χ2n) is 6.75. The first-order chi connectivity index (χ1) is 14.0. The number of ether oxygens (including phenoxy) is 1. The molecule has 0 aliphatic carbocycles. The van der Waals surface area contributed by atoms with Crippen LogP contribution in [0.2, 0.25) is 0 Å². The third kappa shape index (κ3) is 4.63. The van der Waals surface area contributed by atoms with Crippen molar-refractivity contribution in [3.63, 3.8) is 0 Å². The number of aryl methyl sites for hydroxylation is 1. The molecule has 0 saturated heterocycles. The molecular weight excluding hydrogens is 370 g/mol. The van der Waals surface area contributed by atoms with Crippen molar-refractivity contribution in [2.75, 3.05) is 19.8 Å². The fourth-order valence-corrected chi connectivity index (χ4v) is 3.18. The number of aromatic nitrogens is 2. The molecule has 0 aliphatic heterocycles. The monoisotopic (exact) mass is 395 g/mol. The van der Waals surface area contributed by atoms with Gasteiger partial charge in [-0.2, -0.15) is 0 Å². The predicted molar refractivity (Wildman–Crippen MR) is 112 cm³/mol. The van der Waals surface area contributed by atoms with E-state index in [4.69, 9.17) is 4.74 Å². The van der Waals surface area contributed by atoms with Gasteiger partial charge in [0.15, 0.2) is 0 Å². The minimum absolute atomic E-state index is 0.149. The molecule has 2 aromatic carbocycles. The lowest BCUT2D eigenvalue weighted by Crippen LogP contribution is -2.40. The number of hydrogen-bond acceptors (Lipinski definition) is 4. The van der Waals surface area contributed by atoms with Gasteiger partial charge < -0.3 is 14.6 Å². The average molecular weight is 395 g/mol. The first-order valence-corrected chi connectivity index (χ1v) is 9.66. The molecule has 1 N–H and O–H groups in total. The van der Waals surface area contributed by atoms with Crippen LogP contribution in [-0.2, 0) is 18.3 Å². The highest BCUT2D eigenvalue weighted by molar-refractivity contribution is 5.94. The summed E-state index contributed by atoms with van der Waals surface area (Å²) in [5.74, 6) is -0.149. The molecule has 7 nitrogen and oxygen atoms in total.